The van der Waals surface area contributed by atoms with E-state index in [0.29, 0.717) is 6.04 Å². The van der Waals surface area contributed by atoms with Crippen molar-refractivity contribution in [2.24, 2.45) is 5.92 Å². The first-order chi connectivity index (χ1) is 9.43. The fourth-order valence-corrected chi connectivity index (χ4v) is 2.70. The molecule has 1 saturated heterocycles. The van der Waals surface area contributed by atoms with Crippen LogP contribution in [0.3, 0.4) is 0 Å². The Bertz CT molecular complexity index is 284. The summed E-state index contributed by atoms with van der Waals surface area (Å²) in [5, 5.41) is 0. The number of likely N-dealkylation sites (tertiary alicyclic amines) is 1. The minimum Gasteiger partial charge on any atom is -0.447 e. The summed E-state index contributed by atoms with van der Waals surface area (Å²) >= 11 is 0. The van der Waals surface area contributed by atoms with Gasteiger partial charge in [-0.3, -0.25) is 0 Å². The predicted octanol–water partition coefficient (Wildman–Crippen LogP) is 3.36. The smallest absolute Gasteiger partial charge is 0.410 e. The van der Waals surface area contributed by atoms with Crippen molar-refractivity contribution in [2.75, 3.05) is 26.2 Å². The molecule has 1 heterocycles. The van der Waals surface area contributed by atoms with E-state index < -0.39 is 0 Å². The number of hydrogen-bond acceptors (Lipinski definition) is 3. The molecular weight excluding hydrogens is 252 g/mol. The summed E-state index contributed by atoms with van der Waals surface area (Å²) < 4.78 is 5.34. The van der Waals surface area contributed by atoms with Gasteiger partial charge < -0.3 is 14.5 Å². The Hall–Kier alpha value is -0.770. The van der Waals surface area contributed by atoms with Crippen molar-refractivity contribution >= 4 is 6.09 Å². The number of carbonyl (C=O) groups excluding carboxylic acids is 1. The zero-order chi connectivity index (χ0) is 15.1. The van der Waals surface area contributed by atoms with Crippen molar-refractivity contribution in [1.29, 1.82) is 0 Å². The third-order valence-electron chi connectivity index (χ3n) is 3.93. The molecule has 118 valence electrons. The molecule has 0 spiro atoms. The van der Waals surface area contributed by atoms with Gasteiger partial charge in [0, 0.05) is 25.7 Å². The fourth-order valence-electron chi connectivity index (χ4n) is 2.70. The molecule has 0 aromatic rings. The number of piperidine rings is 1. The number of nitrogens with zero attached hydrogens (tertiary/aromatic N) is 2. The lowest BCUT2D eigenvalue weighted by molar-refractivity contribution is 0.0494. The summed E-state index contributed by atoms with van der Waals surface area (Å²) in [7, 11) is 0. The maximum atomic E-state index is 12.1. The Morgan fingerprint density at radius 1 is 1.25 bits per heavy atom. The fraction of sp³-hybridized carbons (Fsp3) is 0.938. The SMILES string of the molecule is CCN(C(=O)OC(C)C)C1CCN(CCC(C)C)CC1. The van der Waals surface area contributed by atoms with Crippen LogP contribution in [-0.4, -0.2) is 54.2 Å². The topological polar surface area (TPSA) is 32.8 Å². The van der Waals surface area contributed by atoms with Gasteiger partial charge in [0.05, 0.1) is 6.10 Å². The molecule has 0 aromatic carbocycles. The number of carbonyl (C=O) groups is 1. The monoisotopic (exact) mass is 284 g/mol. The molecule has 1 aliphatic rings. The molecule has 20 heavy (non-hydrogen) atoms. The van der Waals surface area contributed by atoms with Gasteiger partial charge in [-0.1, -0.05) is 13.8 Å². The number of rotatable bonds is 6. The van der Waals surface area contributed by atoms with E-state index in [0.717, 1.165) is 38.4 Å². The molecule has 0 saturated carbocycles. The molecule has 1 fully saturated rings. The maximum Gasteiger partial charge on any atom is 0.410 e. The summed E-state index contributed by atoms with van der Waals surface area (Å²) in [6.45, 7) is 14.5. The first-order valence-electron chi connectivity index (χ1n) is 8.13. The molecule has 0 N–H and O–H groups in total. The van der Waals surface area contributed by atoms with E-state index in [2.05, 4.69) is 18.7 Å². The number of hydrogen-bond donors (Lipinski definition) is 0. The molecule has 1 aliphatic heterocycles. The Balaban J connectivity index is 2.40. The van der Waals surface area contributed by atoms with Crippen molar-refractivity contribution in [2.45, 2.75) is 66.0 Å². The largest absolute Gasteiger partial charge is 0.447 e. The van der Waals surface area contributed by atoms with Gasteiger partial charge in [0.1, 0.15) is 0 Å². The van der Waals surface area contributed by atoms with Crippen LogP contribution in [0.2, 0.25) is 0 Å². The van der Waals surface area contributed by atoms with Gasteiger partial charge in [-0.15, -0.1) is 0 Å². The lowest BCUT2D eigenvalue weighted by Crippen LogP contribution is -2.48. The van der Waals surface area contributed by atoms with Crippen LogP contribution in [0.4, 0.5) is 4.79 Å². The van der Waals surface area contributed by atoms with Crippen molar-refractivity contribution in [1.82, 2.24) is 9.80 Å². The van der Waals surface area contributed by atoms with Crippen LogP contribution in [0.1, 0.15) is 53.9 Å². The minimum atomic E-state index is -0.150. The lowest BCUT2D eigenvalue weighted by Gasteiger charge is -2.38. The third-order valence-corrected chi connectivity index (χ3v) is 3.93. The van der Waals surface area contributed by atoms with Crippen molar-refractivity contribution in [3.8, 4) is 0 Å². The van der Waals surface area contributed by atoms with E-state index in [1.54, 1.807) is 0 Å². The molecule has 4 nitrogen and oxygen atoms in total. The predicted molar refractivity (Wildman–Crippen MR) is 82.9 cm³/mol. The summed E-state index contributed by atoms with van der Waals surface area (Å²) in [5.74, 6) is 0.765. The zero-order valence-electron chi connectivity index (χ0n) is 13.9. The van der Waals surface area contributed by atoms with Gasteiger partial charge in [0.25, 0.3) is 0 Å². The van der Waals surface area contributed by atoms with Crippen molar-refractivity contribution in [3.05, 3.63) is 0 Å². The van der Waals surface area contributed by atoms with Gasteiger partial charge in [0.15, 0.2) is 0 Å². The van der Waals surface area contributed by atoms with Crippen LogP contribution in [-0.2, 0) is 4.74 Å². The van der Waals surface area contributed by atoms with Crippen molar-refractivity contribution in [3.63, 3.8) is 0 Å². The van der Waals surface area contributed by atoms with Crippen LogP contribution in [0.15, 0.2) is 0 Å². The number of ether oxygens (including phenoxy) is 1. The molecule has 1 amide bonds. The summed E-state index contributed by atoms with van der Waals surface area (Å²) in [6.07, 6.45) is 3.21. The highest BCUT2D eigenvalue weighted by atomic mass is 16.6. The second-order valence-electron chi connectivity index (χ2n) is 6.47. The lowest BCUT2D eigenvalue weighted by atomic mass is 10.0. The van der Waals surface area contributed by atoms with Crippen LogP contribution < -0.4 is 0 Å². The Morgan fingerprint density at radius 3 is 2.30 bits per heavy atom. The average Bonchev–Trinajstić information content (AvgIpc) is 2.37. The first kappa shape index (κ1) is 17.3. The molecular formula is C16H32N2O2. The maximum absolute atomic E-state index is 12.1. The van der Waals surface area contributed by atoms with Gasteiger partial charge in [-0.25, -0.2) is 4.79 Å². The molecule has 1 rings (SSSR count). The van der Waals surface area contributed by atoms with Gasteiger partial charge in [-0.2, -0.15) is 0 Å². The van der Waals surface area contributed by atoms with Gasteiger partial charge in [-0.05, 0) is 52.5 Å². The van der Waals surface area contributed by atoms with Crippen molar-refractivity contribution < 1.29 is 9.53 Å². The highest BCUT2D eigenvalue weighted by Gasteiger charge is 2.28. The van der Waals surface area contributed by atoms with Gasteiger partial charge >= 0.3 is 6.09 Å². The van der Waals surface area contributed by atoms with E-state index in [4.69, 9.17) is 4.74 Å². The van der Waals surface area contributed by atoms with E-state index in [1.165, 1.54) is 13.0 Å². The zero-order valence-corrected chi connectivity index (χ0v) is 13.9. The Kier molecular flexibility index (Phi) is 7.35. The summed E-state index contributed by atoms with van der Waals surface area (Å²) in [4.78, 5) is 16.5. The highest BCUT2D eigenvalue weighted by molar-refractivity contribution is 5.68. The van der Waals surface area contributed by atoms with Crippen LogP contribution >= 0.6 is 0 Å². The van der Waals surface area contributed by atoms with E-state index in [1.807, 2.05) is 25.7 Å². The normalized spacial score (nSPS) is 17.8. The van der Waals surface area contributed by atoms with E-state index in [9.17, 15) is 4.79 Å². The Morgan fingerprint density at radius 2 is 1.85 bits per heavy atom. The Labute approximate surface area is 124 Å². The third kappa shape index (κ3) is 5.70. The minimum absolute atomic E-state index is 0.0392. The summed E-state index contributed by atoms with van der Waals surface area (Å²) in [6, 6.07) is 0.349. The first-order valence-corrected chi connectivity index (χ1v) is 8.13. The second kappa shape index (κ2) is 8.50. The average molecular weight is 284 g/mol. The molecule has 4 heteroatoms. The molecule has 0 bridgehead atoms. The van der Waals surface area contributed by atoms with Crippen LogP contribution in [0.5, 0.6) is 0 Å². The molecule has 0 aromatic heterocycles. The molecule has 0 unspecified atom stereocenters. The van der Waals surface area contributed by atoms with E-state index in [-0.39, 0.29) is 12.2 Å². The van der Waals surface area contributed by atoms with Crippen LogP contribution in [0, 0.1) is 5.92 Å². The highest BCUT2D eigenvalue weighted by Crippen LogP contribution is 2.18. The molecule has 0 aliphatic carbocycles. The van der Waals surface area contributed by atoms with Crippen LogP contribution in [0.25, 0.3) is 0 Å². The summed E-state index contributed by atoms with van der Waals surface area (Å²) in [5.41, 5.74) is 0. The molecule has 0 radical (unpaired) electrons. The quantitative estimate of drug-likeness (QED) is 0.750. The van der Waals surface area contributed by atoms with E-state index >= 15 is 0 Å². The standard InChI is InChI=1S/C16H32N2O2/c1-6-18(16(19)20-14(4)5)15-8-11-17(12-9-15)10-7-13(2)3/h13-15H,6-12H2,1-5H3. The van der Waals surface area contributed by atoms with Gasteiger partial charge in [0.2, 0.25) is 0 Å². The molecule has 0 atom stereocenters. The number of amides is 1. The second-order valence-corrected chi connectivity index (χ2v) is 6.47.